The van der Waals surface area contributed by atoms with Crippen LogP contribution >= 0.6 is 11.8 Å². The number of furan rings is 1. The van der Waals surface area contributed by atoms with Crippen molar-refractivity contribution in [3.05, 3.63) is 30.2 Å². The van der Waals surface area contributed by atoms with Gasteiger partial charge in [0.1, 0.15) is 11.0 Å². The molecule has 0 aliphatic carbocycles. The summed E-state index contributed by atoms with van der Waals surface area (Å²) in [5, 5.41) is 17.6. The molecule has 2 heterocycles. The van der Waals surface area contributed by atoms with Crippen molar-refractivity contribution in [3.63, 3.8) is 0 Å². The Balaban J connectivity index is 2.45. The first-order chi connectivity index (χ1) is 9.41. The van der Waals surface area contributed by atoms with Crippen LogP contribution in [0.25, 0.3) is 4.91 Å². The van der Waals surface area contributed by atoms with Gasteiger partial charge >= 0.3 is 11.9 Å². The van der Waals surface area contributed by atoms with Gasteiger partial charge < -0.3 is 19.5 Å². The van der Waals surface area contributed by atoms with Crippen LogP contribution in [-0.4, -0.2) is 52.4 Å². The molecule has 0 saturated heterocycles. The van der Waals surface area contributed by atoms with Crippen LogP contribution in [0.1, 0.15) is 5.76 Å². The van der Waals surface area contributed by atoms with Crippen molar-refractivity contribution < 1.29 is 24.2 Å². The first kappa shape index (κ1) is 14.7. The summed E-state index contributed by atoms with van der Waals surface area (Å²) < 4.78 is 5.28. The topological polar surface area (TPSA) is 91.0 Å². The van der Waals surface area contributed by atoms with Crippen molar-refractivity contribution in [3.8, 4) is 0 Å². The number of thioether (sulfide) groups is 1. The maximum atomic E-state index is 11.4. The van der Waals surface area contributed by atoms with Crippen LogP contribution in [0.3, 0.4) is 0 Å². The second-order valence-electron chi connectivity index (χ2n) is 4.70. The molecule has 2 N–H and O–H groups in total. The predicted molar refractivity (Wildman–Crippen MR) is 74.3 cm³/mol. The highest BCUT2D eigenvalue weighted by Crippen LogP contribution is 2.42. The minimum absolute atomic E-state index is 0.505. The van der Waals surface area contributed by atoms with Crippen LogP contribution < -0.4 is 0 Å². The lowest BCUT2D eigenvalue weighted by Crippen LogP contribution is -2.48. The van der Waals surface area contributed by atoms with Crippen molar-refractivity contribution >= 4 is 28.6 Å². The van der Waals surface area contributed by atoms with Crippen molar-refractivity contribution in [1.29, 1.82) is 0 Å². The largest absolute Gasteiger partial charge is 0.481 e. The van der Waals surface area contributed by atoms with E-state index in [2.05, 4.69) is 0 Å². The molecule has 0 amide bonds. The molecule has 2 rings (SSSR count). The molecule has 1 aliphatic rings. The third-order valence-electron chi connectivity index (χ3n) is 3.16. The summed E-state index contributed by atoms with van der Waals surface area (Å²) in [6.45, 7) is 0. The molecule has 1 aliphatic heterocycles. The molecule has 20 heavy (non-hydrogen) atoms. The normalized spacial score (nSPS) is 26.4. The van der Waals surface area contributed by atoms with E-state index in [0.717, 1.165) is 11.8 Å². The molecule has 7 heteroatoms. The van der Waals surface area contributed by atoms with Crippen LogP contribution in [0.4, 0.5) is 0 Å². The first-order valence-corrected chi connectivity index (χ1v) is 6.84. The SMILES string of the molecule is CN(C)[C@@H]1C=C(c2ccco2)S[C@@H](C(=O)O)[C@H]1C(=O)O. The molecular weight excluding hydrogens is 282 g/mol. The standard InChI is InChI=1S/C13H15NO5S/c1-14(2)7-6-9(8-4-3-5-19-8)20-11(13(17)18)10(7)12(15)16/h3-7,10-11H,1-2H3,(H,15,16)(H,17,18)/t7-,10+,11-/m1/s1. The second kappa shape index (κ2) is 5.72. The zero-order valence-corrected chi connectivity index (χ0v) is 11.8. The molecule has 1 aromatic rings. The molecule has 0 unspecified atom stereocenters. The van der Waals surface area contributed by atoms with E-state index in [1.165, 1.54) is 6.26 Å². The Bertz CT molecular complexity index is 537. The van der Waals surface area contributed by atoms with Gasteiger partial charge in [-0.3, -0.25) is 9.59 Å². The van der Waals surface area contributed by atoms with E-state index in [9.17, 15) is 19.8 Å². The highest BCUT2D eigenvalue weighted by Gasteiger charge is 2.44. The van der Waals surface area contributed by atoms with Crippen LogP contribution in [0.2, 0.25) is 0 Å². The van der Waals surface area contributed by atoms with E-state index in [-0.39, 0.29) is 0 Å². The van der Waals surface area contributed by atoms with Gasteiger partial charge in [-0.05, 0) is 32.3 Å². The van der Waals surface area contributed by atoms with E-state index >= 15 is 0 Å². The highest BCUT2D eigenvalue weighted by molar-refractivity contribution is 8.09. The fourth-order valence-electron chi connectivity index (χ4n) is 2.20. The average Bonchev–Trinajstić information content (AvgIpc) is 2.90. The Kier molecular flexibility index (Phi) is 4.20. The first-order valence-electron chi connectivity index (χ1n) is 5.96. The molecule has 1 aromatic heterocycles. The molecular formula is C13H15NO5S. The number of hydrogen-bond acceptors (Lipinski definition) is 5. The van der Waals surface area contributed by atoms with Gasteiger partial charge in [-0.1, -0.05) is 0 Å². The number of likely N-dealkylation sites (N-methyl/N-ethyl adjacent to an activating group) is 1. The lowest BCUT2D eigenvalue weighted by molar-refractivity contribution is -0.149. The number of carboxylic acid groups (broad SMARTS) is 2. The molecule has 0 saturated carbocycles. The Hall–Kier alpha value is -1.73. The maximum Gasteiger partial charge on any atom is 0.317 e. The summed E-state index contributed by atoms with van der Waals surface area (Å²) in [6, 6.07) is 2.93. The fourth-order valence-corrected chi connectivity index (χ4v) is 3.44. The number of nitrogens with zero attached hydrogens (tertiary/aromatic N) is 1. The predicted octanol–water partition coefficient (Wildman–Crippen LogP) is 1.45. The van der Waals surface area contributed by atoms with Crippen LogP contribution in [-0.2, 0) is 9.59 Å². The monoisotopic (exact) mass is 297 g/mol. The van der Waals surface area contributed by atoms with Crippen molar-refractivity contribution in [1.82, 2.24) is 4.90 Å². The van der Waals surface area contributed by atoms with E-state index in [1.807, 2.05) is 0 Å². The van der Waals surface area contributed by atoms with Gasteiger partial charge in [-0.15, -0.1) is 11.8 Å². The summed E-state index contributed by atoms with van der Waals surface area (Å²) in [4.78, 5) is 25.2. The summed E-state index contributed by atoms with van der Waals surface area (Å²) in [5.74, 6) is -2.70. The van der Waals surface area contributed by atoms with Crippen molar-refractivity contribution in [2.45, 2.75) is 11.3 Å². The summed E-state index contributed by atoms with van der Waals surface area (Å²) in [5.41, 5.74) is 0. The fraction of sp³-hybridized carbons (Fsp3) is 0.385. The van der Waals surface area contributed by atoms with Gasteiger partial charge in [0.25, 0.3) is 0 Å². The van der Waals surface area contributed by atoms with E-state index in [4.69, 9.17) is 4.42 Å². The van der Waals surface area contributed by atoms with Crippen LogP contribution in [0.5, 0.6) is 0 Å². The highest BCUT2D eigenvalue weighted by atomic mass is 32.2. The molecule has 0 bridgehead atoms. The number of carbonyl (C=O) groups is 2. The van der Waals surface area contributed by atoms with Crippen molar-refractivity contribution in [2.75, 3.05) is 14.1 Å². The van der Waals surface area contributed by atoms with Gasteiger partial charge in [0, 0.05) is 10.9 Å². The summed E-state index contributed by atoms with van der Waals surface area (Å²) in [7, 11) is 3.46. The minimum atomic E-state index is -1.13. The number of aliphatic carboxylic acids is 2. The van der Waals surface area contributed by atoms with E-state index in [0.29, 0.717) is 10.7 Å². The van der Waals surface area contributed by atoms with Gasteiger partial charge in [-0.25, -0.2) is 0 Å². The smallest absolute Gasteiger partial charge is 0.317 e. The Morgan fingerprint density at radius 2 is 2.00 bits per heavy atom. The lowest BCUT2D eigenvalue weighted by Gasteiger charge is -2.35. The van der Waals surface area contributed by atoms with Gasteiger partial charge in [-0.2, -0.15) is 0 Å². The van der Waals surface area contributed by atoms with Crippen LogP contribution in [0.15, 0.2) is 28.9 Å². The van der Waals surface area contributed by atoms with Crippen molar-refractivity contribution in [2.24, 2.45) is 5.92 Å². The summed E-state index contributed by atoms with van der Waals surface area (Å²) >= 11 is 1.02. The number of rotatable bonds is 4. The third-order valence-corrected chi connectivity index (χ3v) is 4.50. The molecule has 108 valence electrons. The van der Waals surface area contributed by atoms with Gasteiger partial charge in [0.05, 0.1) is 12.2 Å². The molecule has 0 radical (unpaired) electrons. The maximum absolute atomic E-state index is 11.4. The lowest BCUT2D eigenvalue weighted by atomic mass is 9.93. The molecule has 0 fully saturated rings. The van der Waals surface area contributed by atoms with E-state index < -0.39 is 29.1 Å². The zero-order chi connectivity index (χ0) is 14.9. The van der Waals surface area contributed by atoms with Crippen LogP contribution in [0, 0.1) is 5.92 Å². The Labute approximate surface area is 120 Å². The summed E-state index contributed by atoms with van der Waals surface area (Å²) in [6.07, 6.45) is 3.25. The molecule has 6 nitrogen and oxygen atoms in total. The molecule has 0 aromatic carbocycles. The number of hydrogen-bond donors (Lipinski definition) is 2. The third kappa shape index (κ3) is 2.73. The Morgan fingerprint density at radius 3 is 2.45 bits per heavy atom. The zero-order valence-electron chi connectivity index (χ0n) is 11.0. The molecule has 0 spiro atoms. The molecule has 3 atom stereocenters. The number of carboxylic acids is 2. The Morgan fingerprint density at radius 1 is 1.30 bits per heavy atom. The second-order valence-corrected chi connectivity index (χ2v) is 5.89. The average molecular weight is 297 g/mol. The van der Waals surface area contributed by atoms with E-state index in [1.54, 1.807) is 37.2 Å². The minimum Gasteiger partial charge on any atom is -0.481 e. The van der Waals surface area contributed by atoms with Gasteiger partial charge in [0.15, 0.2) is 0 Å². The van der Waals surface area contributed by atoms with Gasteiger partial charge in [0.2, 0.25) is 0 Å². The quantitative estimate of drug-likeness (QED) is 0.869.